The van der Waals surface area contributed by atoms with Crippen LogP contribution in [0, 0.1) is 0 Å². The monoisotopic (exact) mass is 161 g/mol. The van der Waals surface area contributed by atoms with Crippen LogP contribution in [0.4, 0.5) is 0 Å². The Morgan fingerprint density at radius 2 is 2.25 bits per heavy atom. The van der Waals surface area contributed by atoms with E-state index in [0.717, 1.165) is 12.8 Å². The molecule has 0 saturated carbocycles. The summed E-state index contributed by atoms with van der Waals surface area (Å²) in [5, 5.41) is 0. The Bertz CT molecular complexity index is 334. The van der Waals surface area contributed by atoms with Crippen LogP contribution in [-0.2, 0) is 6.42 Å². The van der Waals surface area contributed by atoms with Crippen molar-refractivity contribution in [1.29, 1.82) is 0 Å². The SMILES string of the molecule is CCc1c[nH]c2c1C=CCC=C2.[HH]. The van der Waals surface area contributed by atoms with Crippen LogP contribution < -0.4 is 0 Å². The van der Waals surface area contributed by atoms with E-state index in [2.05, 4.69) is 42.4 Å². The summed E-state index contributed by atoms with van der Waals surface area (Å²) in [7, 11) is 0. The summed E-state index contributed by atoms with van der Waals surface area (Å²) < 4.78 is 0. The third-order valence-corrected chi connectivity index (χ3v) is 2.26. The third kappa shape index (κ3) is 1.11. The molecule has 1 heterocycles. The van der Waals surface area contributed by atoms with Gasteiger partial charge < -0.3 is 4.98 Å². The summed E-state index contributed by atoms with van der Waals surface area (Å²) in [6.45, 7) is 2.19. The second kappa shape index (κ2) is 3.02. The molecule has 0 atom stereocenters. The molecule has 1 heteroatoms. The molecule has 0 saturated heterocycles. The minimum atomic E-state index is 0. The summed E-state index contributed by atoms with van der Waals surface area (Å²) in [5.74, 6) is 0. The first kappa shape index (κ1) is 7.41. The van der Waals surface area contributed by atoms with E-state index in [-0.39, 0.29) is 1.43 Å². The van der Waals surface area contributed by atoms with Crippen LogP contribution in [-0.4, -0.2) is 4.98 Å². The smallest absolute Gasteiger partial charge is 0.0453 e. The molecule has 1 aliphatic rings. The van der Waals surface area contributed by atoms with Crippen molar-refractivity contribution in [1.82, 2.24) is 4.98 Å². The molecule has 1 N–H and O–H groups in total. The van der Waals surface area contributed by atoms with Crippen molar-refractivity contribution >= 4 is 12.2 Å². The van der Waals surface area contributed by atoms with E-state index in [1.165, 1.54) is 16.8 Å². The Morgan fingerprint density at radius 3 is 3.08 bits per heavy atom. The Hall–Kier alpha value is -1.24. The lowest BCUT2D eigenvalue weighted by Gasteiger charge is -1.94. The van der Waals surface area contributed by atoms with E-state index in [1.807, 2.05) is 0 Å². The number of H-pyrrole nitrogens is 1. The summed E-state index contributed by atoms with van der Waals surface area (Å²) in [4.78, 5) is 3.28. The summed E-state index contributed by atoms with van der Waals surface area (Å²) in [6, 6.07) is 0. The van der Waals surface area contributed by atoms with E-state index < -0.39 is 0 Å². The average molecular weight is 161 g/mol. The zero-order chi connectivity index (χ0) is 8.39. The molecule has 1 aliphatic carbocycles. The predicted octanol–water partition coefficient (Wildman–Crippen LogP) is 3.25. The molecule has 0 unspecified atom stereocenters. The van der Waals surface area contributed by atoms with Gasteiger partial charge in [0.2, 0.25) is 0 Å². The van der Waals surface area contributed by atoms with Crippen LogP contribution >= 0.6 is 0 Å². The van der Waals surface area contributed by atoms with Crippen molar-refractivity contribution in [2.75, 3.05) is 0 Å². The van der Waals surface area contributed by atoms with E-state index in [1.54, 1.807) is 0 Å². The van der Waals surface area contributed by atoms with E-state index in [0.29, 0.717) is 0 Å². The fourth-order valence-electron chi connectivity index (χ4n) is 1.57. The standard InChI is InChI=1S/C11H13N.H2/c1-2-9-8-12-11-7-5-3-4-6-10(9)11;/h4-8,12H,2-3H2,1H3;1H. The first-order valence-corrected chi connectivity index (χ1v) is 4.45. The Balaban J connectivity index is 0.000000845. The molecular formula is C11H15N. The van der Waals surface area contributed by atoms with Crippen LogP contribution in [0.5, 0.6) is 0 Å². The lowest BCUT2D eigenvalue weighted by atomic mass is 10.1. The molecule has 1 aromatic heterocycles. The fraction of sp³-hybridized carbons (Fsp3) is 0.273. The molecule has 0 amide bonds. The quantitative estimate of drug-likeness (QED) is 0.650. The van der Waals surface area contributed by atoms with Crippen molar-refractivity contribution in [3.63, 3.8) is 0 Å². The van der Waals surface area contributed by atoms with E-state index in [4.69, 9.17) is 0 Å². The molecule has 12 heavy (non-hydrogen) atoms. The zero-order valence-electron chi connectivity index (χ0n) is 7.30. The Morgan fingerprint density at radius 1 is 1.42 bits per heavy atom. The minimum Gasteiger partial charge on any atom is -0.361 e. The topological polar surface area (TPSA) is 15.8 Å². The van der Waals surface area contributed by atoms with Crippen molar-refractivity contribution in [3.05, 3.63) is 35.2 Å². The maximum atomic E-state index is 3.28. The second-order valence-electron chi connectivity index (χ2n) is 3.04. The number of aromatic nitrogens is 1. The fourth-order valence-corrected chi connectivity index (χ4v) is 1.57. The number of nitrogens with one attached hydrogen (secondary N) is 1. The normalized spacial score (nSPS) is 14.4. The van der Waals surface area contributed by atoms with Gasteiger partial charge in [0.25, 0.3) is 0 Å². The zero-order valence-corrected chi connectivity index (χ0v) is 7.30. The van der Waals surface area contributed by atoms with Crippen LogP contribution in [0.2, 0.25) is 0 Å². The highest BCUT2D eigenvalue weighted by atomic mass is 14.7. The molecule has 2 rings (SSSR count). The van der Waals surface area contributed by atoms with Crippen LogP contribution in [0.15, 0.2) is 18.3 Å². The van der Waals surface area contributed by atoms with Crippen molar-refractivity contribution in [2.45, 2.75) is 19.8 Å². The molecule has 1 aromatic rings. The molecule has 0 spiro atoms. The van der Waals surface area contributed by atoms with Gasteiger partial charge in [-0.1, -0.05) is 25.2 Å². The first-order valence-electron chi connectivity index (χ1n) is 4.45. The number of rotatable bonds is 1. The van der Waals surface area contributed by atoms with Gasteiger partial charge in [-0.25, -0.2) is 0 Å². The highest BCUT2D eigenvalue weighted by Crippen LogP contribution is 2.20. The maximum absolute atomic E-state index is 3.28. The molecule has 0 radical (unpaired) electrons. The maximum Gasteiger partial charge on any atom is 0.0453 e. The Labute approximate surface area is 74.3 Å². The van der Waals surface area contributed by atoms with Gasteiger partial charge in [0.15, 0.2) is 0 Å². The van der Waals surface area contributed by atoms with Crippen LogP contribution in [0.1, 0.15) is 31.6 Å². The number of allylic oxidation sites excluding steroid dienone is 2. The number of aryl methyl sites for hydroxylation is 1. The van der Waals surface area contributed by atoms with Gasteiger partial charge in [0.1, 0.15) is 0 Å². The van der Waals surface area contributed by atoms with Gasteiger partial charge in [0.05, 0.1) is 0 Å². The molecule has 0 fully saturated rings. The Kier molecular flexibility index (Phi) is 1.86. The van der Waals surface area contributed by atoms with Crippen LogP contribution in [0.3, 0.4) is 0 Å². The van der Waals surface area contributed by atoms with Crippen LogP contribution in [0.25, 0.3) is 12.2 Å². The molecule has 1 nitrogen and oxygen atoms in total. The van der Waals surface area contributed by atoms with Gasteiger partial charge in [-0.05, 0) is 24.5 Å². The van der Waals surface area contributed by atoms with Gasteiger partial charge in [-0.2, -0.15) is 0 Å². The van der Waals surface area contributed by atoms with Gasteiger partial charge >= 0.3 is 0 Å². The second-order valence-corrected chi connectivity index (χ2v) is 3.04. The summed E-state index contributed by atoms with van der Waals surface area (Å²) >= 11 is 0. The number of hydrogen-bond donors (Lipinski definition) is 1. The van der Waals surface area contributed by atoms with Crippen molar-refractivity contribution in [3.8, 4) is 0 Å². The molecule has 0 aromatic carbocycles. The lowest BCUT2D eigenvalue weighted by molar-refractivity contribution is 1.14. The van der Waals surface area contributed by atoms with E-state index >= 15 is 0 Å². The van der Waals surface area contributed by atoms with Crippen molar-refractivity contribution < 1.29 is 1.43 Å². The lowest BCUT2D eigenvalue weighted by Crippen LogP contribution is -1.79. The third-order valence-electron chi connectivity index (χ3n) is 2.26. The largest absolute Gasteiger partial charge is 0.361 e. The first-order chi connectivity index (χ1) is 5.92. The number of hydrogen-bond acceptors (Lipinski definition) is 0. The molecule has 0 bridgehead atoms. The highest BCUT2D eigenvalue weighted by molar-refractivity contribution is 5.67. The van der Waals surface area contributed by atoms with Gasteiger partial charge in [0, 0.05) is 18.9 Å². The predicted molar refractivity (Wildman–Crippen MR) is 55.0 cm³/mol. The average Bonchev–Trinajstić information content (AvgIpc) is 2.33. The molecular weight excluding hydrogens is 146 g/mol. The highest BCUT2D eigenvalue weighted by Gasteiger charge is 2.05. The minimum absolute atomic E-state index is 0. The van der Waals surface area contributed by atoms with Crippen molar-refractivity contribution in [2.24, 2.45) is 0 Å². The molecule has 0 aliphatic heterocycles. The number of aromatic amines is 1. The summed E-state index contributed by atoms with van der Waals surface area (Å²) in [6.07, 6.45) is 13.0. The van der Waals surface area contributed by atoms with Gasteiger partial charge in [-0.3, -0.25) is 0 Å². The molecule has 64 valence electrons. The van der Waals surface area contributed by atoms with Gasteiger partial charge in [-0.15, -0.1) is 0 Å². The number of fused-ring (bicyclic) bond motifs is 1. The summed E-state index contributed by atoms with van der Waals surface area (Å²) in [5.41, 5.74) is 4.03. The van der Waals surface area contributed by atoms with E-state index in [9.17, 15) is 0 Å².